The first-order valence-corrected chi connectivity index (χ1v) is 14.7. The van der Waals surface area contributed by atoms with Crippen LogP contribution in [0.4, 0.5) is 5.82 Å². The Hall–Kier alpha value is -1.48. The number of phosphoric acid groups is 3. The molecule has 38 heavy (non-hydrogen) atoms. The number of anilines is 1. The Bertz CT molecular complexity index is 1220. The minimum atomic E-state index is -5.70. The fourth-order valence-corrected chi connectivity index (χ4v) is 6.00. The van der Waals surface area contributed by atoms with Gasteiger partial charge in [-0.05, 0) is 13.8 Å². The molecule has 6 unspecified atom stereocenters. The van der Waals surface area contributed by atoms with Crippen molar-refractivity contribution in [3.05, 3.63) is 12.7 Å². The van der Waals surface area contributed by atoms with E-state index in [0.29, 0.717) is 0 Å². The molecule has 2 aromatic rings. The van der Waals surface area contributed by atoms with Gasteiger partial charge in [0.25, 0.3) is 0 Å². The van der Waals surface area contributed by atoms with Gasteiger partial charge in [0.1, 0.15) is 42.6 Å². The highest BCUT2D eigenvalue weighted by Gasteiger charge is 2.47. The Labute approximate surface area is 213 Å². The molecule has 2 aromatic heterocycles. The molecule has 1 aliphatic heterocycles. The van der Waals surface area contributed by atoms with Crippen molar-refractivity contribution in [3.8, 4) is 0 Å². The van der Waals surface area contributed by atoms with Crippen molar-refractivity contribution in [2.75, 3.05) is 12.3 Å². The smallest absolute Gasteiger partial charge is 0.387 e. The van der Waals surface area contributed by atoms with Gasteiger partial charge in [0.2, 0.25) is 0 Å². The van der Waals surface area contributed by atoms with E-state index in [1.165, 1.54) is 10.9 Å². The number of imidazole rings is 1. The van der Waals surface area contributed by atoms with Crippen LogP contribution < -0.4 is 11.1 Å². The largest absolute Gasteiger partial charge is 0.490 e. The molecule has 1 saturated heterocycles. The van der Waals surface area contributed by atoms with Crippen LogP contribution >= 0.6 is 23.5 Å². The number of aliphatic hydroxyl groups excluding tert-OH is 4. The zero-order chi connectivity index (χ0) is 29.1. The lowest BCUT2D eigenvalue weighted by molar-refractivity contribution is -0.0503. The van der Waals surface area contributed by atoms with E-state index in [-0.39, 0.29) is 17.0 Å². The van der Waals surface area contributed by atoms with Crippen molar-refractivity contribution >= 4 is 40.4 Å². The number of ether oxygens (including phenoxy) is 1. The number of fused-ring (bicyclic) bond motifs is 1. The zero-order valence-electron chi connectivity index (χ0n) is 19.5. The summed E-state index contributed by atoms with van der Waals surface area (Å²) in [5.74, 6) is 0.0426. The number of nitrogens with two attached hydrogens (primary N) is 1. The summed E-state index contributed by atoms with van der Waals surface area (Å²) in [6.45, 7) is 2.14. The van der Waals surface area contributed by atoms with E-state index in [1.807, 2.05) is 0 Å². The van der Waals surface area contributed by atoms with Crippen molar-refractivity contribution in [2.24, 2.45) is 0 Å². The molecule has 24 heteroatoms. The van der Waals surface area contributed by atoms with Crippen molar-refractivity contribution in [1.29, 1.82) is 0 Å². The highest BCUT2D eigenvalue weighted by atomic mass is 31.3. The zero-order valence-corrected chi connectivity index (χ0v) is 22.2. The average molecular weight is 612 g/mol. The molecule has 0 saturated carbocycles. The maximum Gasteiger partial charge on any atom is 0.490 e. The monoisotopic (exact) mass is 612 g/mol. The molecule has 11 N–H and O–H groups in total. The summed E-state index contributed by atoms with van der Waals surface area (Å²) in [6.07, 6.45) is -4.94. The molecule has 8 atom stereocenters. The number of nitrogens with zero attached hydrogens (tertiary/aromatic N) is 4. The third-order valence-corrected chi connectivity index (χ3v) is 8.10. The minimum absolute atomic E-state index is 0.0426. The van der Waals surface area contributed by atoms with Gasteiger partial charge in [-0.1, -0.05) is 0 Å². The summed E-state index contributed by atoms with van der Waals surface area (Å²) < 4.78 is 51.9. The normalized spacial score (nSPS) is 26.7. The molecular weight excluding hydrogens is 585 g/mol. The molecule has 3 rings (SSSR count). The quantitative estimate of drug-likeness (QED) is 0.0989. The summed E-state index contributed by atoms with van der Waals surface area (Å²) in [7, 11) is -16.7. The van der Waals surface area contributed by atoms with Gasteiger partial charge in [-0.3, -0.25) is 14.4 Å². The van der Waals surface area contributed by atoms with E-state index in [9.17, 15) is 28.8 Å². The Kier molecular flexibility index (Phi) is 11.0. The first-order chi connectivity index (χ1) is 17.3. The molecule has 3 heterocycles. The van der Waals surface area contributed by atoms with Crippen LogP contribution in [0.3, 0.4) is 0 Å². The number of aromatic nitrogens is 4. The van der Waals surface area contributed by atoms with E-state index in [1.54, 1.807) is 13.8 Å². The van der Waals surface area contributed by atoms with E-state index in [4.69, 9.17) is 35.4 Å². The van der Waals surface area contributed by atoms with E-state index >= 15 is 0 Å². The predicted molar refractivity (Wildman–Crippen MR) is 122 cm³/mol. The lowest BCUT2D eigenvalue weighted by Crippen LogP contribution is -2.33. The second kappa shape index (κ2) is 12.8. The Morgan fingerprint density at radius 2 is 1.63 bits per heavy atom. The summed E-state index contributed by atoms with van der Waals surface area (Å²) >= 11 is 0. The predicted octanol–water partition coefficient (Wildman–Crippen LogP) is -2.38. The molecule has 0 radical (unpaired) electrons. The molecule has 1 fully saturated rings. The van der Waals surface area contributed by atoms with Crippen LogP contribution in [-0.2, 0) is 31.6 Å². The lowest BCUT2D eigenvalue weighted by atomic mass is 10.1. The molecule has 21 nitrogen and oxygen atoms in total. The van der Waals surface area contributed by atoms with Crippen LogP contribution in [0.15, 0.2) is 12.7 Å². The van der Waals surface area contributed by atoms with Crippen LogP contribution in [-0.4, -0.2) is 96.9 Å². The molecule has 0 spiro atoms. The molecule has 0 aromatic carbocycles. The Morgan fingerprint density at radius 3 is 2.16 bits per heavy atom. The fourth-order valence-electron chi connectivity index (χ4n) is 2.97. The van der Waals surface area contributed by atoms with Crippen molar-refractivity contribution in [3.63, 3.8) is 0 Å². The molecule has 218 valence electrons. The van der Waals surface area contributed by atoms with Crippen LogP contribution in [0.25, 0.3) is 11.2 Å². The Morgan fingerprint density at radius 1 is 1.03 bits per heavy atom. The number of rotatable bonds is 10. The second-order valence-corrected chi connectivity index (χ2v) is 12.0. The summed E-state index contributed by atoms with van der Waals surface area (Å²) in [6, 6.07) is 0. The van der Waals surface area contributed by atoms with Gasteiger partial charge in [-0.2, -0.15) is 8.62 Å². The van der Waals surface area contributed by atoms with Gasteiger partial charge in [-0.25, -0.2) is 28.6 Å². The van der Waals surface area contributed by atoms with Gasteiger partial charge in [-0.15, -0.1) is 0 Å². The number of hydrogen-bond donors (Lipinski definition) is 10. The van der Waals surface area contributed by atoms with Gasteiger partial charge >= 0.3 is 23.5 Å². The van der Waals surface area contributed by atoms with E-state index in [0.717, 1.165) is 6.33 Å². The fraction of sp³-hybridized carbons (Fsp3) is 0.643. The maximum atomic E-state index is 11.8. The van der Waals surface area contributed by atoms with Crippen LogP contribution in [0, 0.1) is 0 Å². The number of nitrogen functional groups attached to an aromatic ring is 1. The maximum absolute atomic E-state index is 11.8. The van der Waals surface area contributed by atoms with Crippen molar-refractivity contribution in [2.45, 2.75) is 50.8 Å². The summed E-state index contributed by atoms with van der Waals surface area (Å²) in [5.41, 5.74) is 6.00. The van der Waals surface area contributed by atoms with Crippen molar-refractivity contribution < 1.29 is 71.6 Å². The molecule has 0 aliphatic carbocycles. The van der Waals surface area contributed by atoms with Gasteiger partial charge in [0.05, 0.1) is 12.9 Å². The second-order valence-electron chi connectivity index (χ2n) is 7.53. The standard InChI is InChI=1S/C10H16N5O13P3.C4H11NO2/c11-8-5-9(13-2-12-8)15(3-14-5)10-7(17)6(16)4(26-10)1-25-30(21,22)28-31(23,24)27-29(18,19)20;1-3(6)5-4(2)7/h2-4,6-7,10,16-17H,1H2,(H,21,22)(H,23,24)(H2,11,12,13)(H2,18,19,20);3-7H,1-2H3/t4-,6?,7?,10-;/m1./s1. The SMILES string of the molecule is CC(O)NC(C)O.Nc1ncnc2c1ncn2[C@@H]1O[C@H](COP(=O)(O)OP(=O)(O)OP(=O)(O)O)C(O)C1O. The first-order valence-electron chi connectivity index (χ1n) is 10.2. The Balaban J connectivity index is 0.000000638. The third kappa shape index (κ3) is 9.61. The van der Waals surface area contributed by atoms with Gasteiger partial charge in [0, 0.05) is 0 Å². The minimum Gasteiger partial charge on any atom is -0.387 e. The molecular formula is C14H27N6O15P3. The topological polar surface area (TPSA) is 332 Å². The number of nitrogens with one attached hydrogen (secondary N) is 1. The van der Waals surface area contributed by atoms with Crippen LogP contribution in [0.2, 0.25) is 0 Å². The lowest BCUT2D eigenvalue weighted by Gasteiger charge is -2.19. The van der Waals surface area contributed by atoms with Gasteiger partial charge in [0.15, 0.2) is 17.7 Å². The first kappa shape index (κ1) is 32.7. The van der Waals surface area contributed by atoms with Crippen molar-refractivity contribution in [1.82, 2.24) is 24.8 Å². The van der Waals surface area contributed by atoms with Gasteiger partial charge < -0.3 is 50.5 Å². The van der Waals surface area contributed by atoms with E-state index < -0.39 is 67.1 Å². The summed E-state index contributed by atoms with van der Waals surface area (Å²) in [4.78, 5) is 47.2. The number of hydrogen-bond acceptors (Lipinski definition) is 16. The summed E-state index contributed by atoms with van der Waals surface area (Å²) in [5, 5.41) is 39.7. The molecule has 0 bridgehead atoms. The number of aliphatic hydroxyl groups is 4. The third-order valence-electron chi connectivity index (χ3n) is 4.30. The van der Waals surface area contributed by atoms with Crippen LogP contribution in [0.1, 0.15) is 20.1 Å². The van der Waals surface area contributed by atoms with Crippen LogP contribution in [0.5, 0.6) is 0 Å². The highest BCUT2D eigenvalue weighted by molar-refractivity contribution is 7.66. The molecule has 0 amide bonds. The molecule has 1 aliphatic rings. The average Bonchev–Trinajstić information content (AvgIpc) is 3.26. The number of phosphoric ester groups is 1. The highest BCUT2D eigenvalue weighted by Crippen LogP contribution is 2.66. The van der Waals surface area contributed by atoms with E-state index in [2.05, 4.69) is 33.4 Å².